The van der Waals surface area contributed by atoms with Gasteiger partial charge in [-0.3, -0.25) is 9.69 Å². The molecule has 35 heavy (non-hydrogen) atoms. The first-order valence-electron chi connectivity index (χ1n) is 11.4. The predicted molar refractivity (Wildman–Crippen MR) is 135 cm³/mol. The summed E-state index contributed by atoms with van der Waals surface area (Å²) in [5.41, 5.74) is 5.69. The van der Waals surface area contributed by atoms with Crippen LogP contribution in [0, 0.1) is 32.4 Å². The average molecular weight is 494 g/mol. The maximum Gasteiger partial charge on any atom is 0.323 e. The van der Waals surface area contributed by atoms with Crippen LogP contribution in [0.15, 0.2) is 54.6 Å². The predicted octanol–water partition coefficient (Wildman–Crippen LogP) is 5.87. The third-order valence-electron chi connectivity index (χ3n) is 6.68. The molecule has 2 heterocycles. The normalized spacial score (nSPS) is 18.9. The molecule has 1 saturated heterocycles. The SMILES string of the molecule is Cc1ccc2c(c1)[C@]1(SCCN1C(=O)Nc1ccc(C)c(C)c1)C(=O)N2Cc1ccc(F)c(F)c1. The molecule has 8 heteroatoms. The third kappa shape index (κ3) is 3.86. The van der Waals surface area contributed by atoms with Crippen molar-refractivity contribution < 1.29 is 18.4 Å². The number of hydrogen-bond donors (Lipinski definition) is 1. The summed E-state index contributed by atoms with van der Waals surface area (Å²) in [6, 6.07) is 14.7. The van der Waals surface area contributed by atoms with Crippen molar-refractivity contribution >= 4 is 35.1 Å². The number of anilines is 2. The number of urea groups is 1. The number of amides is 3. The van der Waals surface area contributed by atoms with E-state index in [0.29, 0.717) is 29.2 Å². The first-order valence-corrected chi connectivity index (χ1v) is 12.4. The number of nitrogens with zero attached hydrogens (tertiary/aromatic N) is 2. The van der Waals surface area contributed by atoms with E-state index in [9.17, 15) is 18.4 Å². The molecular weight excluding hydrogens is 468 g/mol. The van der Waals surface area contributed by atoms with Gasteiger partial charge in [0.2, 0.25) is 0 Å². The highest BCUT2D eigenvalue weighted by molar-refractivity contribution is 8.01. The Morgan fingerprint density at radius 2 is 1.80 bits per heavy atom. The minimum Gasteiger partial charge on any atom is -0.308 e. The molecule has 0 unspecified atom stereocenters. The number of nitrogens with one attached hydrogen (secondary N) is 1. The molecule has 2 aliphatic heterocycles. The van der Waals surface area contributed by atoms with Gasteiger partial charge in [-0.1, -0.05) is 29.8 Å². The van der Waals surface area contributed by atoms with Crippen molar-refractivity contribution in [2.45, 2.75) is 32.2 Å². The number of carbonyl (C=O) groups excluding carboxylic acids is 2. The lowest BCUT2D eigenvalue weighted by Gasteiger charge is -2.33. The largest absolute Gasteiger partial charge is 0.323 e. The molecule has 1 N–H and O–H groups in total. The van der Waals surface area contributed by atoms with Gasteiger partial charge >= 0.3 is 6.03 Å². The van der Waals surface area contributed by atoms with Gasteiger partial charge in [-0.05, 0) is 67.8 Å². The lowest BCUT2D eigenvalue weighted by Crippen LogP contribution is -2.51. The summed E-state index contributed by atoms with van der Waals surface area (Å²) >= 11 is 1.42. The van der Waals surface area contributed by atoms with Crippen LogP contribution in [0.25, 0.3) is 0 Å². The molecule has 0 bridgehead atoms. The molecule has 3 amide bonds. The fraction of sp³-hybridized carbons (Fsp3) is 0.259. The quantitative estimate of drug-likeness (QED) is 0.497. The van der Waals surface area contributed by atoms with Crippen molar-refractivity contribution in [1.82, 2.24) is 4.90 Å². The number of fused-ring (bicyclic) bond motifs is 2. The highest BCUT2D eigenvalue weighted by atomic mass is 32.2. The first kappa shape index (κ1) is 23.4. The summed E-state index contributed by atoms with van der Waals surface area (Å²) in [6.07, 6.45) is 0. The van der Waals surface area contributed by atoms with Crippen LogP contribution in [0.3, 0.4) is 0 Å². The van der Waals surface area contributed by atoms with Crippen LogP contribution in [0.1, 0.15) is 27.8 Å². The Labute approximate surface area is 207 Å². The van der Waals surface area contributed by atoms with Crippen molar-refractivity contribution in [2.24, 2.45) is 0 Å². The molecule has 0 aromatic heterocycles. The Morgan fingerprint density at radius 3 is 2.54 bits per heavy atom. The van der Waals surface area contributed by atoms with E-state index in [2.05, 4.69) is 5.32 Å². The topological polar surface area (TPSA) is 52.7 Å². The zero-order chi connectivity index (χ0) is 24.9. The Morgan fingerprint density at radius 1 is 1.00 bits per heavy atom. The fourth-order valence-corrected chi connectivity index (χ4v) is 6.17. The minimum absolute atomic E-state index is 0.0705. The van der Waals surface area contributed by atoms with Gasteiger partial charge in [-0.25, -0.2) is 13.6 Å². The molecule has 0 saturated carbocycles. The molecular formula is C27H25F2N3O2S. The summed E-state index contributed by atoms with van der Waals surface area (Å²) in [5, 5.41) is 2.96. The fourth-order valence-electron chi connectivity index (χ4n) is 4.72. The summed E-state index contributed by atoms with van der Waals surface area (Å²) in [4.78, 5) is 29.5. The van der Waals surface area contributed by atoms with Crippen molar-refractivity contribution in [2.75, 3.05) is 22.5 Å². The monoisotopic (exact) mass is 493 g/mol. The standard InChI is InChI=1S/C27H25F2N3O2S/c1-16-4-9-24-21(12-16)27(25(33)31(24)15-19-6-8-22(28)23(29)14-19)32(10-11-35-27)26(34)30-20-7-5-17(2)18(3)13-20/h4-9,12-14H,10-11,15H2,1-3H3,(H,30,34)/t27-/m0/s1. The van der Waals surface area contributed by atoms with Crippen molar-refractivity contribution in [3.63, 3.8) is 0 Å². The molecule has 2 aliphatic rings. The second-order valence-electron chi connectivity index (χ2n) is 9.03. The maximum absolute atomic E-state index is 14.0. The number of halogens is 2. The number of thioether (sulfide) groups is 1. The Kier molecular flexibility index (Phi) is 5.79. The van der Waals surface area contributed by atoms with Gasteiger partial charge in [-0.15, -0.1) is 11.8 Å². The van der Waals surface area contributed by atoms with E-state index in [4.69, 9.17) is 0 Å². The maximum atomic E-state index is 14.0. The number of benzene rings is 3. The van der Waals surface area contributed by atoms with Gasteiger partial charge in [0.05, 0.1) is 12.2 Å². The Hall–Kier alpha value is -3.39. The third-order valence-corrected chi connectivity index (χ3v) is 8.10. The zero-order valence-corrected chi connectivity index (χ0v) is 20.5. The number of hydrogen-bond acceptors (Lipinski definition) is 3. The smallest absolute Gasteiger partial charge is 0.308 e. The van der Waals surface area contributed by atoms with E-state index >= 15 is 0 Å². The van der Waals surface area contributed by atoms with E-state index in [1.165, 1.54) is 17.8 Å². The van der Waals surface area contributed by atoms with Crippen LogP contribution in [-0.4, -0.2) is 29.1 Å². The molecule has 0 radical (unpaired) electrons. The van der Waals surface area contributed by atoms with E-state index in [0.717, 1.165) is 34.4 Å². The van der Waals surface area contributed by atoms with Gasteiger partial charge in [0.1, 0.15) is 0 Å². The highest BCUT2D eigenvalue weighted by Crippen LogP contribution is 2.54. The van der Waals surface area contributed by atoms with Crippen molar-refractivity contribution in [3.05, 3.63) is 94.0 Å². The number of rotatable bonds is 3. The molecule has 1 fully saturated rings. The second-order valence-corrected chi connectivity index (χ2v) is 10.3. The summed E-state index contributed by atoms with van der Waals surface area (Å²) in [6.45, 7) is 6.40. The van der Waals surface area contributed by atoms with Crippen molar-refractivity contribution in [3.8, 4) is 0 Å². The lowest BCUT2D eigenvalue weighted by atomic mass is 10.0. The van der Waals surface area contributed by atoms with E-state index in [-0.39, 0.29) is 18.5 Å². The van der Waals surface area contributed by atoms with Crippen LogP contribution in [0.5, 0.6) is 0 Å². The van der Waals surface area contributed by atoms with Gasteiger partial charge in [0, 0.05) is 23.5 Å². The molecule has 180 valence electrons. The molecule has 5 nitrogen and oxygen atoms in total. The van der Waals surface area contributed by atoms with Gasteiger partial charge in [-0.2, -0.15) is 0 Å². The zero-order valence-electron chi connectivity index (χ0n) is 19.7. The van der Waals surface area contributed by atoms with E-state index < -0.39 is 16.5 Å². The lowest BCUT2D eigenvalue weighted by molar-refractivity contribution is -0.123. The van der Waals surface area contributed by atoms with Crippen LogP contribution < -0.4 is 10.2 Å². The van der Waals surface area contributed by atoms with Crippen LogP contribution >= 0.6 is 11.8 Å². The molecule has 1 atom stereocenters. The van der Waals surface area contributed by atoms with E-state index in [1.807, 2.05) is 57.2 Å². The van der Waals surface area contributed by atoms with Gasteiger partial charge < -0.3 is 10.2 Å². The van der Waals surface area contributed by atoms with Crippen LogP contribution in [0.4, 0.5) is 25.0 Å². The second kappa shape index (κ2) is 8.68. The highest BCUT2D eigenvalue weighted by Gasteiger charge is 2.59. The summed E-state index contributed by atoms with van der Waals surface area (Å²) in [7, 11) is 0. The van der Waals surface area contributed by atoms with E-state index in [1.54, 1.807) is 9.80 Å². The number of carbonyl (C=O) groups is 2. The Balaban J connectivity index is 1.52. The Bertz CT molecular complexity index is 1360. The summed E-state index contributed by atoms with van der Waals surface area (Å²) < 4.78 is 27.3. The summed E-state index contributed by atoms with van der Waals surface area (Å²) in [5.74, 6) is -1.56. The molecule has 3 aromatic carbocycles. The first-order chi connectivity index (χ1) is 16.7. The average Bonchev–Trinajstić information content (AvgIpc) is 3.36. The van der Waals surface area contributed by atoms with Crippen LogP contribution in [-0.2, 0) is 16.2 Å². The molecule has 5 rings (SSSR count). The van der Waals surface area contributed by atoms with Gasteiger partial charge in [0.15, 0.2) is 16.5 Å². The number of aryl methyl sites for hydroxylation is 3. The molecule has 3 aromatic rings. The minimum atomic E-state index is -1.22. The van der Waals surface area contributed by atoms with Crippen molar-refractivity contribution in [1.29, 1.82) is 0 Å². The van der Waals surface area contributed by atoms with Crippen LogP contribution in [0.2, 0.25) is 0 Å². The molecule has 0 aliphatic carbocycles. The molecule has 1 spiro atoms. The van der Waals surface area contributed by atoms with Gasteiger partial charge in [0.25, 0.3) is 5.91 Å².